The first-order valence-corrected chi connectivity index (χ1v) is 8.43. The zero-order chi connectivity index (χ0) is 18.1. The van der Waals surface area contributed by atoms with E-state index in [4.69, 9.17) is 27.6 Å². The Labute approximate surface area is 158 Å². The van der Waals surface area contributed by atoms with E-state index in [0.717, 1.165) is 0 Å². The third kappa shape index (κ3) is 3.27. The van der Waals surface area contributed by atoms with Gasteiger partial charge in [0.15, 0.2) is 5.58 Å². The highest BCUT2D eigenvalue weighted by Crippen LogP contribution is 2.30. The number of halogens is 2. The number of pyridine rings is 1. The molecule has 2 aromatic carbocycles. The molecule has 0 aliphatic rings. The normalized spacial score (nSPS) is 10.8. The highest BCUT2D eigenvalue weighted by molar-refractivity contribution is 6.34. The van der Waals surface area contributed by atoms with Crippen LogP contribution in [-0.4, -0.2) is 15.9 Å². The molecule has 4 rings (SSSR count). The van der Waals surface area contributed by atoms with Gasteiger partial charge in [0.1, 0.15) is 5.52 Å². The van der Waals surface area contributed by atoms with Crippen molar-refractivity contribution in [2.75, 3.05) is 5.32 Å². The van der Waals surface area contributed by atoms with E-state index in [2.05, 4.69) is 15.3 Å². The van der Waals surface area contributed by atoms with Gasteiger partial charge in [0.2, 0.25) is 5.89 Å². The monoisotopic (exact) mass is 383 g/mol. The molecular weight excluding hydrogens is 373 g/mol. The number of benzene rings is 2. The second-order valence-electron chi connectivity index (χ2n) is 5.52. The predicted molar refractivity (Wildman–Crippen MR) is 102 cm³/mol. The van der Waals surface area contributed by atoms with E-state index in [1.54, 1.807) is 60.9 Å². The first kappa shape index (κ1) is 16.6. The maximum absolute atomic E-state index is 12.4. The van der Waals surface area contributed by atoms with E-state index in [9.17, 15) is 4.79 Å². The number of anilines is 1. The molecule has 0 aliphatic heterocycles. The summed E-state index contributed by atoms with van der Waals surface area (Å²) in [6.45, 7) is 0. The van der Waals surface area contributed by atoms with Crippen LogP contribution >= 0.6 is 23.2 Å². The largest absolute Gasteiger partial charge is 0.436 e. The molecule has 1 amide bonds. The van der Waals surface area contributed by atoms with Crippen LogP contribution in [0, 0.1) is 0 Å². The van der Waals surface area contributed by atoms with Crippen molar-refractivity contribution >= 4 is 45.9 Å². The fraction of sp³-hybridized carbons (Fsp3) is 0. The lowest BCUT2D eigenvalue weighted by Gasteiger charge is -2.08. The van der Waals surface area contributed by atoms with Crippen LogP contribution in [0.25, 0.3) is 22.6 Å². The van der Waals surface area contributed by atoms with Crippen LogP contribution in [0.15, 0.2) is 65.3 Å². The topological polar surface area (TPSA) is 68.0 Å². The molecule has 7 heteroatoms. The predicted octanol–water partition coefficient (Wildman–Crippen LogP) is 5.45. The summed E-state index contributed by atoms with van der Waals surface area (Å²) in [4.78, 5) is 20.8. The van der Waals surface area contributed by atoms with Gasteiger partial charge in [-0.15, -0.1) is 0 Å². The lowest BCUT2D eigenvalue weighted by molar-refractivity contribution is 0.102. The Bertz CT molecular complexity index is 1070. The molecule has 0 bridgehead atoms. The van der Waals surface area contributed by atoms with Crippen LogP contribution in [0.2, 0.25) is 10.0 Å². The van der Waals surface area contributed by atoms with Crippen molar-refractivity contribution in [3.8, 4) is 11.5 Å². The minimum absolute atomic E-state index is 0.289. The van der Waals surface area contributed by atoms with Gasteiger partial charge in [-0.2, -0.15) is 0 Å². The quantitative estimate of drug-likeness (QED) is 0.510. The SMILES string of the molecule is O=C(Nc1cc(-c2nc3cnccc3o2)ccc1Cl)c1ccc(Cl)cc1. The summed E-state index contributed by atoms with van der Waals surface area (Å²) in [5.41, 5.74) is 2.92. The van der Waals surface area contributed by atoms with Gasteiger partial charge < -0.3 is 9.73 Å². The highest BCUT2D eigenvalue weighted by atomic mass is 35.5. The Kier molecular flexibility index (Phi) is 4.32. The third-order valence-electron chi connectivity index (χ3n) is 3.76. The number of hydrogen-bond donors (Lipinski definition) is 1. The number of rotatable bonds is 3. The van der Waals surface area contributed by atoms with Gasteiger partial charge in [-0.25, -0.2) is 4.98 Å². The number of carbonyl (C=O) groups excluding carboxylic acids is 1. The molecule has 0 radical (unpaired) electrons. The molecule has 2 aromatic heterocycles. The lowest BCUT2D eigenvalue weighted by atomic mass is 10.1. The second kappa shape index (κ2) is 6.78. The van der Waals surface area contributed by atoms with Crippen molar-refractivity contribution in [2.24, 2.45) is 0 Å². The number of carbonyl (C=O) groups is 1. The number of oxazole rings is 1. The Hall–Kier alpha value is -2.89. The van der Waals surface area contributed by atoms with Gasteiger partial charge >= 0.3 is 0 Å². The molecule has 0 fully saturated rings. The maximum Gasteiger partial charge on any atom is 0.255 e. The molecule has 0 unspecified atom stereocenters. The molecule has 0 spiro atoms. The first-order valence-electron chi connectivity index (χ1n) is 7.67. The highest BCUT2D eigenvalue weighted by Gasteiger charge is 2.13. The summed E-state index contributed by atoms with van der Waals surface area (Å²) >= 11 is 12.1. The molecule has 0 atom stereocenters. The van der Waals surface area contributed by atoms with Crippen LogP contribution in [-0.2, 0) is 0 Å². The molecule has 0 saturated heterocycles. The molecule has 128 valence electrons. The second-order valence-corrected chi connectivity index (χ2v) is 6.36. The Morgan fingerprint density at radius 3 is 2.62 bits per heavy atom. The van der Waals surface area contributed by atoms with E-state index in [1.165, 1.54) is 0 Å². The van der Waals surface area contributed by atoms with E-state index in [0.29, 0.717) is 43.9 Å². The van der Waals surface area contributed by atoms with Crippen LogP contribution in [0.4, 0.5) is 5.69 Å². The number of amides is 1. The van der Waals surface area contributed by atoms with Crippen molar-refractivity contribution in [3.05, 3.63) is 76.5 Å². The molecule has 2 heterocycles. The average Bonchev–Trinajstić information content (AvgIpc) is 3.08. The van der Waals surface area contributed by atoms with Gasteiger partial charge in [0, 0.05) is 28.4 Å². The number of hydrogen-bond acceptors (Lipinski definition) is 4. The summed E-state index contributed by atoms with van der Waals surface area (Å²) in [5.74, 6) is 0.133. The van der Waals surface area contributed by atoms with Gasteiger partial charge in [-0.1, -0.05) is 23.2 Å². The van der Waals surface area contributed by atoms with Gasteiger partial charge in [0.05, 0.1) is 16.9 Å². The van der Waals surface area contributed by atoms with E-state index < -0.39 is 0 Å². The Balaban J connectivity index is 1.65. The van der Waals surface area contributed by atoms with Crippen LogP contribution in [0.3, 0.4) is 0 Å². The van der Waals surface area contributed by atoms with E-state index in [1.807, 2.05) is 0 Å². The molecule has 26 heavy (non-hydrogen) atoms. The van der Waals surface area contributed by atoms with Crippen molar-refractivity contribution < 1.29 is 9.21 Å². The van der Waals surface area contributed by atoms with Gasteiger partial charge in [0.25, 0.3) is 5.91 Å². The Morgan fingerprint density at radius 2 is 1.85 bits per heavy atom. The van der Waals surface area contributed by atoms with Gasteiger partial charge in [-0.3, -0.25) is 9.78 Å². The molecule has 5 nitrogen and oxygen atoms in total. The zero-order valence-electron chi connectivity index (χ0n) is 13.2. The fourth-order valence-corrected chi connectivity index (χ4v) is 2.74. The summed E-state index contributed by atoms with van der Waals surface area (Å²) in [5, 5.41) is 3.77. The molecule has 0 aliphatic carbocycles. The van der Waals surface area contributed by atoms with Crippen LogP contribution in [0.1, 0.15) is 10.4 Å². The van der Waals surface area contributed by atoms with E-state index in [-0.39, 0.29) is 5.91 Å². The van der Waals surface area contributed by atoms with Crippen LogP contribution < -0.4 is 5.32 Å². The standard InChI is InChI=1S/C19H11Cl2N3O2/c20-13-4-1-11(2-5-13)18(25)23-15-9-12(3-6-14(15)21)19-24-16-10-22-8-7-17(16)26-19/h1-10H,(H,23,25). The summed E-state index contributed by atoms with van der Waals surface area (Å²) in [7, 11) is 0. The maximum atomic E-state index is 12.4. The van der Waals surface area contributed by atoms with Crippen molar-refractivity contribution in [1.29, 1.82) is 0 Å². The first-order chi connectivity index (χ1) is 12.6. The van der Waals surface area contributed by atoms with Crippen LogP contribution in [0.5, 0.6) is 0 Å². The number of aromatic nitrogens is 2. The molecule has 0 saturated carbocycles. The lowest BCUT2D eigenvalue weighted by Crippen LogP contribution is -2.12. The minimum Gasteiger partial charge on any atom is -0.436 e. The van der Waals surface area contributed by atoms with Gasteiger partial charge in [-0.05, 0) is 42.5 Å². The smallest absolute Gasteiger partial charge is 0.255 e. The average molecular weight is 384 g/mol. The third-order valence-corrected chi connectivity index (χ3v) is 4.34. The summed E-state index contributed by atoms with van der Waals surface area (Å²) in [6.07, 6.45) is 3.26. The molecule has 4 aromatic rings. The minimum atomic E-state index is -0.289. The number of nitrogens with zero attached hydrogens (tertiary/aromatic N) is 2. The molecular formula is C19H11Cl2N3O2. The number of fused-ring (bicyclic) bond motifs is 1. The Morgan fingerprint density at radius 1 is 1.04 bits per heavy atom. The number of nitrogens with one attached hydrogen (secondary N) is 1. The summed E-state index contributed by atoms with van der Waals surface area (Å²) < 4.78 is 5.73. The summed E-state index contributed by atoms with van der Waals surface area (Å²) in [6, 6.07) is 13.5. The van der Waals surface area contributed by atoms with E-state index >= 15 is 0 Å². The van der Waals surface area contributed by atoms with Crippen molar-refractivity contribution in [2.45, 2.75) is 0 Å². The van der Waals surface area contributed by atoms with Crippen molar-refractivity contribution in [1.82, 2.24) is 9.97 Å². The molecule has 1 N–H and O–H groups in total. The zero-order valence-corrected chi connectivity index (χ0v) is 14.8. The fourth-order valence-electron chi connectivity index (χ4n) is 2.45. The van der Waals surface area contributed by atoms with Crippen molar-refractivity contribution in [3.63, 3.8) is 0 Å².